The van der Waals surface area contributed by atoms with Crippen molar-refractivity contribution < 1.29 is 83.6 Å². The third kappa shape index (κ3) is 30.6. The summed E-state index contributed by atoms with van der Waals surface area (Å²) in [5.41, 5.74) is 0. The molecule has 334 valence electrons. The minimum atomic E-state index is -2.35. The van der Waals surface area contributed by atoms with Gasteiger partial charge >= 0.3 is 5.97 Å². The van der Waals surface area contributed by atoms with Crippen LogP contribution in [0.25, 0.3) is 0 Å². The Balaban J connectivity index is 1.70. The summed E-state index contributed by atoms with van der Waals surface area (Å²) in [5.74, 6) is -14.1. The molecule has 0 saturated heterocycles. The Labute approximate surface area is 334 Å². The van der Waals surface area contributed by atoms with E-state index in [0.29, 0.717) is 112 Å². The molecule has 0 fully saturated rings. The molecule has 0 aromatic heterocycles. The second kappa shape index (κ2) is 39.4. The Bertz CT molecular complexity index is 1060. The molecule has 1 aromatic rings. The summed E-state index contributed by atoms with van der Waals surface area (Å²) < 4.78 is 130. The molecular weight excluding hydrogens is 771 g/mol. The van der Waals surface area contributed by atoms with E-state index in [0.717, 1.165) is 13.0 Å². The fourth-order valence-electron chi connectivity index (χ4n) is 4.63. The van der Waals surface area contributed by atoms with Crippen LogP contribution in [0.1, 0.15) is 64.7 Å². The second-order valence-corrected chi connectivity index (χ2v) is 12.3. The lowest BCUT2D eigenvalue weighted by molar-refractivity contribution is -0.136. The van der Waals surface area contributed by atoms with Crippen LogP contribution in [-0.4, -0.2) is 151 Å². The molecule has 0 N–H and O–H groups in total. The average Bonchev–Trinajstić information content (AvgIpc) is 3.21. The van der Waals surface area contributed by atoms with Gasteiger partial charge in [0.1, 0.15) is 0 Å². The number of benzene rings is 1. The lowest BCUT2D eigenvalue weighted by Gasteiger charge is -2.09. The van der Waals surface area contributed by atoms with Crippen molar-refractivity contribution in [2.45, 2.75) is 64.7 Å². The first-order valence-corrected chi connectivity index (χ1v) is 20.0. The molecule has 0 atom stereocenters. The Morgan fingerprint density at radius 3 is 0.895 bits per heavy atom. The van der Waals surface area contributed by atoms with Gasteiger partial charge in [-0.1, -0.05) is 51.9 Å². The fourth-order valence-corrected chi connectivity index (χ4v) is 4.63. The van der Waals surface area contributed by atoms with Crippen LogP contribution < -0.4 is 4.74 Å². The highest BCUT2D eigenvalue weighted by Crippen LogP contribution is 2.29. The van der Waals surface area contributed by atoms with Gasteiger partial charge in [-0.15, -0.1) is 0 Å². The molecule has 0 bridgehead atoms. The largest absolute Gasteiger partial charge is 0.420 e. The third-order valence-corrected chi connectivity index (χ3v) is 7.70. The summed E-state index contributed by atoms with van der Waals surface area (Å²) in [5, 5.41) is 0. The lowest BCUT2D eigenvalue weighted by atomic mass is 10.1. The Morgan fingerprint density at radius 2 is 0.579 bits per heavy atom. The van der Waals surface area contributed by atoms with Crippen LogP contribution in [0.15, 0.2) is 0 Å². The second-order valence-electron chi connectivity index (χ2n) is 12.3. The number of unbranched alkanes of at least 4 members (excludes halogenated alkanes) is 7. The molecule has 0 aliphatic heterocycles. The summed E-state index contributed by atoms with van der Waals surface area (Å²) >= 11 is 0. The van der Waals surface area contributed by atoms with Crippen molar-refractivity contribution in [1.82, 2.24) is 0 Å². The summed E-state index contributed by atoms with van der Waals surface area (Å²) in [4.78, 5) is 11.7. The van der Waals surface area contributed by atoms with Gasteiger partial charge in [-0.25, -0.2) is 13.2 Å². The minimum Gasteiger partial charge on any atom is -0.420 e. The third-order valence-electron chi connectivity index (χ3n) is 7.70. The molecule has 0 amide bonds. The van der Waals surface area contributed by atoms with E-state index in [1.54, 1.807) is 0 Å². The van der Waals surface area contributed by atoms with E-state index in [-0.39, 0.29) is 26.4 Å². The molecule has 18 heteroatoms. The van der Waals surface area contributed by atoms with Crippen molar-refractivity contribution >= 4 is 5.97 Å². The van der Waals surface area contributed by atoms with Gasteiger partial charge in [0.15, 0.2) is 0 Å². The molecule has 0 heterocycles. The minimum absolute atomic E-state index is 0.0817. The van der Waals surface area contributed by atoms with Gasteiger partial charge < -0.3 is 56.8 Å². The maximum atomic E-state index is 13.6. The van der Waals surface area contributed by atoms with Crippen LogP contribution in [0.2, 0.25) is 0 Å². The highest BCUT2D eigenvalue weighted by molar-refractivity contribution is 5.72. The highest BCUT2D eigenvalue weighted by Gasteiger charge is 2.28. The van der Waals surface area contributed by atoms with E-state index in [2.05, 4.69) is 11.7 Å². The zero-order valence-corrected chi connectivity index (χ0v) is 33.6. The Kier molecular flexibility index (Phi) is 36.5. The van der Waals surface area contributed by atoms with Gasteiger partial charge in [-0.2, -0.15) is 8.78 Å². The molecule has 0 aliphatic rings. The van der Waals surface area contributed by atoms with Crippen LogP contribution in [0, 0.1) is 29.1 Å². The Morgan fingerprint density at radius 1 is 0.333 bits per heavy atom. The van der Waals surface area contributed by atoms with Crippen LogP contribution in [0.5, 0.6) is 5.75 Å². The van der Waals surface area contributed by atoms with Crippen molar-refractivity contribution in [1.29, 1.82) is 0 Å². The number of carbonyl (C=O) groups excluding carboxylic acids is 1. The van der Waals surface area contributed by atoms with Crippen molar-refractivity contribution in [3.63, 3.8) is 0 Å². The first-order valence-electron chi connectivity index (χ1n) is 20.0. The topological polar surface area (TPSA) is 128 Å². The molecule has 0 radical (unpaired) electrons. The van der Waals surface area contributed by atoms with Crippen LogP contribution in [0.3, 0.4) is 0 Å². The number of esters is 1. The SMILES string of the molecule is CCCCCCCCCCOCCOCCOCCOCCOCCOCCOCCOCCOCCOCCOCCC(=O)Oc1c(F)c(F)c(F)c(F)c1F. The number of ether oxygens (including phenoxy) is 12. The van der Waals surface area contributed by atoms with E-state index in [1.807, 2.05) is 0 Å². The van der Waals surface area contributed by atoms with E-state index < -0.39 is 47.2 Å². The van der Waals surface area contributed by atoms with Gasteiger partial charge in [0.2, 0.25) is 34.8 Å². The zero-order chi connectivity index (χ0) is 41.4. The smallest absolute Gasteiger partial charge is 0.313 e. The van der Waals surface area contributed by atoms with Crippen molar-refractivity contribution in [2.75, 3.05) is 145 Å². The van der Waals surface area contributed by atoms with Gasteiger partial charge in [-0.3, -0.25) is 4.79 Å². The van der Waals surface area contributed by atoms with E-state index >= 15 is 0 Å². The van der Waals surface area contributed by atoms with Crippen molar-refractivity contribution in [3.05, 3.63) is 29.1 Å². The quantitative estimate of drug-likeness (QED) is 0.0191. The van der Waals surface area contributed by atoms with E-state index in [4.69, 9.17) is 52.1 Å². The standard InChI is InChI=1S/C39H65F5O13/c1-2-3-4-5-6-7-8-9-11-46-13-15-48-17-19-50-21-23-52-25-27-54-29-31-56-32-30-55-28-26-53-24-22-51-20-18-49-16-14-47-12-10-33(45)57-39-37(43)35(41)34(40)36(42)38(39)44/h2-32H2,1H3. The van der Waals surface area contributed by atoms with Crippen molar-refractivity contribution in [3.8, 4) is 5.75 Å². The zero-order valence-electron chi connectivity index (χ0n) is 33.6. The molecule has 0 saturated carbocycles. The number of hydrogen-bond acceptors (Lipinski definition) is 13. The number of rotatable bonds is 43. The van der Waals surface area contributed by atoms with Crippen LogP contribution >= 0.6 is 0 Å². The van der Waals surface area contributed by atoms with Gasteiger partial charge in [0.05, 0.1) is 145 Å². The summed E-state index contributed by atoms with van der Waals surface area (Å²) in [6, 6.07) is 0. The fraction of sp³-hybridized carbons (Fsp3) is 0.821. The van der Waals surface area contributed by atoms with Gasteiger partial charge in [0.25, 0.3) is 0 Å². The normalized spacial score (nSPS) is 11.5. The van der Waals surface area contributed by atoms with Crippen LogP contribution in [-0.2, 0) is 56.9 Å². The number of hydrogen-bond donors (Lipinski definition) is 0. The van der Waals surface area contributed by atoms with E-state index in [1.165, 1.54) is 44.9 Å². The van der Waals surface area contributed by atoms with Gasteiger partial charge in [0, 0.05) is 6.61 Å². The van der Waals surface area contributed by atoms with Gasteiger partial charge in [-0.05, 0) is 6.42 Å². The maximum absolute atomic E-state index is 13.6. The predicted octanol–water partition coefficient (Wildman–Crippen LogP) is 6.00. The molecule has 1 aromatic carbocycles. The molecule has 13 nitrogen and oxygen atoms in total. The summed E-state index contributed by atoms with van der Waals surface area (Å²) in [6.07, 6.45) is 9.89. The monoisotopic (exact) mass is 836 g/mol. The lowest BCUT2D eigenvalue weighted by Crippen LogP contribution is -2.16. The number of carbonyl (C=O) groups is 1. The first-order chi connectivity index (χ1) is 27.9. The summed E-state index contributed by atoms with van der Waals surface area (Å²) in [7, 11) is 0. The molecule has 57 heavy (non-hydrogen) atoms. The predicted molar refractivity (Wildman–Crippen MR) is 198 cm³/mol. The molecule has 1 rings (SSSR count). The first kappa shape index (κ1) is 52.9. The molecule has 0 spiro atoms. The highest BCUT2D eigenvalue weighted by atomic mass is 19.2. The van der Waals surface area contributed by atoms with E-state index in [9.17, 15) is 26.7 Å². The number of halogens is 5. The average molecular weight is 837 g/mol. The molecular formula is C39H65F5O13. The maximum Gasteiger partial charge on any atom is 0.313 e. The van der Waals surface area contributed by atoms with Crippen molar-refractivity contribution in [2.24, 2.45) is 0 Å². The molecule has 0 aliphatic carbocycles. The van der Waals surface area contributed by atoms with Crippen LogP contribution in [0.4, 0.5) is 22.0 Å². The summed E-state index contributed by atoms with van der Waals surface area (Å²) in [6.45, 7) is 11.2. The Hall–Kier alpha value is -2.10. The molecule has 0 unspecified atom stereocenters.